The van der Waals surface area contributed by atoms with Crippen LogP contribution >= 0.6 is 39.6 Å². The zero-order valence-electron chi connectivity index (χ0n) is 17.4. The van der Waals surface area contributed by atoms with Crippen molar-refractivity contribution < 1.29 is 42.5 Å². The summed E-state index contributed by atoms with van der Waals surface area (Å²) in [7, 11) is -8.58. The first kappa shape index (κ1) is 26.1. The number of cyclic esters (lactones) is 1. The molecule has 3 rings (SSSR count). The lowest BCUT2D eigenvalue weighted by molar-refractivity contribution is 0.139. The van der Waals surface area contributed by atoms with Crippen molar-refractivity contribution in [1.29, 1.82) is 0 Å². The summed E-state index contributed by atoms with van der Waals surface area (Å²) >= 11 is 6.66. The fraction of sp³-hybridized carbons (Fsp3) is 0.529. The molecule has 0 aliphatic carbocycles. The van der Waals surface area contributed by atoms with Gasteiger partial charge in [0.25, 0.3) is 5.17 Å². The Morgan fingerprint density at radius 1 is 1.45 bits per heavy atom. The Hall–Kier alpha value is -1.53. The molecule has 2 saturated heterocycles. The van der Waals surface area contributed by atoms with Crippen molar-refractivity contribution in [2.75, 3.05) is 47.5 Å². The number of ether oxygens (including phenoxy) is 2. The average molecular weight is 542 g/mol. The largest absolute Gasteiger partial charge is 0.567 e. The minimum atomic E-state index is -5.14. The molecule has 33 heavy (non-hydrogen) atoms. The Morgan fingerprint density at radius 2 is 2.12 bits per heavy atom. The van der Waals surface area contributed by atoms with Crippen molar-refractivity contribution in [2.24, 2.45) is 0 Å². The summed E-state index contributed by atoms with van der Waals surface area (Å²) in [6, 6.07) is 4.53. The van der Waals surface area contributed by atoms with Crippen LogP contribution in [0.5, 0.6) is 0 Å². The molecule has 0 spiro atoms. The quantitative estimate of drug-likeness (QED) is 0.296. The normalized spacial score (nSPS) is 21.3. The van der Waals surface area contributed by atoms with Gasteiger partial charge in [-0.15, -0.1) is 0 Å². The topological polar surface area (TPSA) is 149 Å². The molecule has 2 aliphatic rings. The number of hydrogen-bond acceptors (Lipinski definition) is 8. The van der Waals surface area contributed by atoms with Gasteiger partial charge in [0.05, 0.1) is 24.5 Å². The van der Waals surface area contributed by atoms with Crippen LogP contribution in [0.1, 0.15) is 6.92 Å². The van der Waals surface area contributed by atoms with Gasteiger partial charge in [-0.25, -0.2) is 9.18 Å². The number of benzene rings is 1. The number of nitrogens with zero attached hydrogens (tertiary/aromatic N) is 2. The van der Waals surface area contributed by atoms with E-state index in [1.807, 2.05) is 16.7 Å². The molecule has 4 N–H and O–H groups in total. The van der Waals surface area contributed by atoms with Crippen LogP contribution in [-0.4, -0.2) is 74.8 Å². The van der Waals surface area contributed by atoms with Crippen molar-refractivity contribution in [3.63, 3.8) is 0 Å². The molecule has 2 heterocycles. The molecule has 0 aromatic heterocycles. The lowest BCUT2D eigenvalue weighted by atomic mass is 10.2. The Kier molecular flexibility index (Phi) is 8.21. The van der Waals surface area contributed by atoms with Gasteiger partial charge in [-0.3, -0.25) is 9.46 Å². The number of amides is 1. The number of hydrogen-bond donors (Lipinski definition) is 4. The van der Waals surface area contributed by atoms with Crippen LogP contribution in [0.4, 0.5) is 20.6 Å². The van der Waals surface area contributed by atoms with E-state index < -0.39 is 43.9 Å². The van der Waals surface area contributed by atoms with E-state index >= 15 is 0 Å². The monoisotopic (exact) mass is 542 g/mol. The number of thiocarbonyl (C=S) groups is 1. The molecule has 2 unspecified atom stereocenters. The van der Waals surface area contributed by atoms with E-state index in [-0.39, 0.29) is 13.1 Å². The van der Waals surface area contributed by atoms with Gasteiger partial charge >= 0.3 is 26.8 Å². The van der Waals surface area contributed by atoms with Crippen LogP contribution in [0, 0.1) is 5.82 Å². The predicted molar refractivity (Wildman–Crippen MR) is 126 cm³/mol. The summed E-state index contributed by atoms with van der Waals surface area (Å²) in [5, 5.41) is -0.775. The second-order valence-corrected chi connectivity index (χ2v) is 12.7. The number of nitrogens with one attached hydrogen (secondary N) is 1. The molecule has 0 radical (unpaired) electrons. The highest BCUT2D eigenvalue weighted by Crippen LogP contribution is 2.62. The van der Waals surface area contributed by atoms with E-state index in [1.54, 1.807) is 12.1 Å². The predicted octanol–water partition coefficient (Wildman–Crippen LogP) is 2.18. The van der Waals surface area contributed by atoms with Gasteiger partial charge in [0, 0.05) is 31.5 Å². The molecular formula is C17H23FN3O8P2S2+. The molecular weight excluding hydrogens is 519 g/mol. The Morgan fingerprint density at radius 3 is 2.70 bits per heavy atom. The summed E-state index contributed by atoms with van der Waals surface area (Å²) in [6.07, 6.45) is -1.45. The molecule has 1 aromatic rings. The number of anilines is 2. The number of halogens is 1. The molecule has 11 nitrogen and oxygen atoms in total. The Balaban J connectivity index is 1.59. The third-order valence-corrected chi connectivity index (χ3v) is 9.56. The Bertz CT molecular complexity index is 993. The smallest absolute Gasteiger partial charge is 0.442 e. The van der Waals surface area contributed by atoms with Crippen LogP contribution in [0.2, 0.25) is 0 Å². The van der Waals surface area contributed by atoms with Gasteiger partial charge in [-0.2, -0.15) is 16.7 Å². The maximum absolute atomic E-state index is 14.7. The maximum atomic E-state index is 14.7. The first-order valence-electron chi connectivity index (χ1n) is 9.71. The first-order valence-corrected chi connectivity index (χ1v) is 14.1. The molecule has 1 amide bonds. The zero-order chi connectivity index (χ0) is 24.4. The summed E-state index contributed by atoms with van der Waals surface area (Å²) in [5.41, 5.74) is 0.794. The van der Waals surface area contributed by atoms with E-state index in [1.165, 1.54) is 11.0 Å². The number of thioether (sulfide) groups is 1. The van der Waals surface area contributed by atoms with Crippen LogP contribution in [0.3, 0.4) is 0 Å². The first-order chi connectivity index (χ1) is 15.4. The highest BCUT2D eigenvalue weighted by Gasteiger charge is 2.63. The van der Waals surface area contributed by atoms with Gasteiger partial charge in [-0.1, -0.05) is 0 Å². The highest BCUT2D eigenvalue weighted by atomic mass is 32.2. The van der Waals surface area contributed by atoms with Crippen molar-refractivity contribution in [1.82, 2.24) is 5.32 Å². The molecule has 2 fully saturated rings. The van der Waals surface area contributed by atoms with Crippen LogP contribution < -0.4 is 15.1 Å². The molecule has 1 aromatic carbocycles. The van der Waals surface area contributed by atoms with Crippen molar-refractivity contribution in [3.8, 4) is 0 Å². The number of carbonyl (C=O) groups excluding carboxylic acids is 1. The summed E-state index contributed by atoms with van der Waals surface area (Å²) in [6.45, 7) is 2.20. The summed E-state index contributed by atoms with van der Waals surface area (Å²) in [5.74, 6) is 1.39. The van der Waals surface area contributed by atoms with Crippen molar-refractivity contribution >= 4 is 62.2 Å². The molecule has 0 saturated carbocycles. The highest BCUT2D eigenvalue weighted by molar-refractivity contribution is 7.99. The van der Waals surface area contributed by atoms with E-state index in [0.29, 0.717) is 11.4 Å². The van der Waals surface area contributed by atoms with Gasteiger partial charge in [0.1, 0.15) is 11.9 Å². The lowest BCUT2D eigenvalue weighted by Gasteiger charge is -2.29. The summed E-state index contributed by atoms with van der Waals surface area (Å²) in [4.78, 5) is 43.3. The number of carbonyl (C=O) groups is 1. The molecule has 16 heteroatoms. The van der Waals surface area contributed by atoms with E-state index in [9.17, 15) is 33.0 Å². The molecule has 2 aliphatic heterocycles. The second kappa shape index (κ2) is 10.4. The molecule has 0 bridgehead atoms. The maximum Gasteiger partial charge on any atom is 0.567 e. The third-order valence-electron chi connectivity index (χ3n) is 5.12. The van der Waals surface area contributed by atoms with Crippen LogP contribution in [-0.2, 0) is 18.6 Å². The Labute approximate surface area is 199 Å². The van der Waals surface area contributed by atoms with Crippen molar-refractivity contribution in [2.45, 2.75) is 18.1 Å². The fourth-order valence-corrected chi connectivity index (χ4v) is 5.73. The van der Waals surface area contributed by atoms with Gasteiger partial charge in [-0.05, 0) is 35.0 Å². The van der Waals surface area contributed by atoms with E-state index in [4.69, 9.17) is 21.7 Å². The second-order valence-electron chi connectivity index (χ2n) is 7.37. The van der Waals surface area contributed by atoms with Crippen LogP contribution in [0.15, 0.2) is 18.2 Å². The summed E-state index contributed by atoms with van der Waals surface area (Å²) < 4.78 is 47.7. The molecule has 3 atom stereocenters. The van der Waals surface area contributed by atoms with Gasteiger partial charge in [0.15, 0.2) is 0 Å². The van der Waals surface area contributed by atoms with Gasteiger partial charge < -0.3 is 29.5 Å². The third kappa shape index (κ3) is 5.94. The van der Waals surface area contributed by atoms with Crippen molar-refractivity contribution in [3.05, 3.63) is 24.0 Å². The minimum Gasteiger partial charge on any atom is -0.442 e. The van der Waals surface area contributed by atoms with Gasteiger partial charge in [0.2, 0.25) is 0 Å². The molecule has 182 valence electrons. The zero-order valence-corrected chi connectivity index (χ0v) is 20.8. The standard InChI is InChI=1S/C17H22FN3O8P2S2/c1-17(30(23)24,31(25,26)27)29-15(32)19-9-12-10-21(16(22)28-12)11-2-3-14(13(18)8-11)20-4-6-33-7-5-20/h2-3,8,12H,4-7,9-10H2,1H3,(H3-,19,23,24,25,26,27,32)/p+1/t12-,17?/m0/s1. The fourth-order valence-electron chi connectivity index (χ4n) is 3.18. The number of rotatable bonds is 7. The van der Waals surface area contributed by atoms with E-state index in [0.717, 1.165) is 31.5 Å². The average Bonchev–Trinajstić information content (AvgIpc) is 3.12. The van der Waals surface area contributed by atoms with E-state index in [2.05, 4.69) is 5.32 Å². The minimum absolute atomic E-state index is 0.0532. The SMILES string of the molecule is CC(OC(=S)NC[C@H]1CN(c2ccc(N3CCSCC3)c(F)c2)C(=O)O1)([P+](=O)O)P(=O)(O)O. The van der Waals surface area contributed by atoms with Crippen LogP contribution in [0.25, 0.3) is 0 Å². The lowest BCUT2D eigenvalue weighted by Crippen LogP contribution is -2.39.